The maximum atomic E-state index is 11.8. The van der Waals surface area contributed by atoms with Crippen molar-refractivity contribution >= 4 is 29.6 Å². The molecule has 12 nitrogen and oxygen atoms in total. The molecule has 0 aromatic carbocycles. The molecule has 9 N–H and O–H groups in total. The highest BCUT2D eigenvalue weighted by atomic mass is 16.4. The fourth-order valence-electron chi connectivity index (χ4n) is 1.75. The number of amides is 4. The van der Waals surface area contributed by atoms with Gasteiger partial charge in [0.2, 0.25) is 23.6 Å². The average molecular weight is 375 g/mol. The van der Waals surface area contributed by atoms with Crippen LogP contribution in [0.25, 0.3) is 0 Å². The maximum absolute atomic E-state index is 11.8. The highest BCUT2D eigenvalue weighted by molar-refractivity contribution is 5.92. The maximum Gasteiger partial charge on any atom is 0.328 e. The van der Waals surface area contributed by atoms with Gasteiger partial charge < -0.3 is 37.6 Å². The Morgan fingerprint density at radius 2 is 1.62 bits per heavy atom. The molecular formula is C14H25N5O7. The summed E-state index contributed by atoms with van der Waals surface area (Å²) in [4.78, 5) is 56.7. The Labute approximate surface area is 149 Å². The average Bonchev–Trinajstić information content (AvgIpc) is 2.53. The number of nitrogens with one attached hydrogen (secondary N) is 3. The van der Waals surface area contributed by atoms with E-state index in [1.807, 2.05) is 0 Å². The summed E-state index contributed by atoms with van der Waals surface area (Å²) in [5.41, 5.74) is 10.5. The summed E-state index contributed by atoms with van der Waals surface area (Å²) >= 11 is 0. The molecule has 4 amide bonds. The van der Waals surface area contributed by atoms with E-state index in [9.17, 15) is 29.1 Å². The third kappa shape index (κ3) is 8.94. The van der Waals surface area contributed by atoms with Crippen LogP contribution < -0.4 is 27.4 Å². The van der Waals surface area contributed by atoms with Crippen LogP contribution >= 0.6 is 0 Å². The highest BCUT2D eigenvalue weighted by Gasteiger charge is 2.27. The van der Waals surface area contributed by atoms with Crippen molar-refractivity contribution < 1.29 is 34.2 Å². The first-order valence-electron chi connectivity index (χ1n) is 7.77. The number of hydrogen-bond acceptors (Lipinski definition) is 7. The van der Waals surface area contributed by atoms with Crippen LogP contribution in [0.3, 0.4) is 0 Å². The van der Waals surface area contributed by atoms with Crippen molar-refractivity contribution in [3.05, 3.63) is 0 Å². The van der Waals surface area contributed by atoms with Crippen LogP contribution in [0.2, 0.25) is 0 Å². The molecule has 0 heterocycles. The summed E-state index contributed by atoms with van der Waals surface area (Å²) < 4.78 is 0. The molecule has 148 valence electrons. The molecule has 0 aliphatic rings. The highest BCUT2D eigenvalue weighted by Crippen LogP contribution is 1.95. The predicted molar refractivity (Wildman–Crippen MR) is 88.3 cm³/mol. The molecule has 0 aliphatic carbocycles. The molecule has 26 heavy (non-hydrogen) atoms. The summed E-state index contributed by atoms with van der Waals surface area (Å²) in [5, 5.41) is 24.7. The van der Waals surface area contributed by atoms with Crippen molar-refractivity contribution in [3.63, 3.8) is 0 Å². The van der Waals surface area contributed by atoms with Gasteiger partial charge in [-0.05, 0) is 20.3 Å². The van der Waals surface area contributed by atoms with E-state index in [2.05, 4.69) is 16.0 Å². The zero-order valence-corrected chi connectivity index (χ0v) is 14.5. The van der Waals surface area contributed by atoms with Crippen LogP contribution in [0.4, 0.5) is 0 Å². The first-order valence-corrected chi connectivity index (χ1v) is 7.77. The van der Waals surface area contributed by atoms with Gasteiger partial charge in [0.25, 0.3) is 0 Å². The molecule has 0 saturated heterocycles. The summed E-state index contributed by atoms with van der Waals surface area (Å²) in [6.07, 6.45) is -1.38. The van der Waals surface area contributed by atoms with Crippen molar-refractivity contribution in [2.45, 2.75) is 50.9 Å². The zero-order chi connectivity index (χ0) is 20.4. The number of rotatable bonds is 11. The molecule has 4 atom stereocenters. The van der Waals surface area contributed by atoms with E-state index < -0.39 is 60.4 Å². The largest absolute Gasteiger partial charge is 0.480 e. The number of aliphatic hydroxyl groups excluding tert-OH is 1. The molecule has 4 unspecified atom stereocenters. The van der Waals surface area contributed by atoms with Crippen molar-refractivity contribution in [1.29, 1.82) is 0 Å². The zero-order valence-electron chi connectivity index (χ0n) is 14.5. The second-order valence-corrected chi connectivity index (χ2v) is 5.68. The Morgan fingerprint density at radius 1 is 1.04 bits per heavy atom. The SMILES string of the molecule is CC(NC(=O)CNC(=O)C(N)CCC(N)=O)C(=O)NC(C(=O)O)C(C)O. The Hall–Kier alpha value is -2.73. The van der Waals surface area contributed by atoms with Crippen molar-refractivity contribution in [1.82, 2.24) is 16.0 Å². The molecule has 0 aliphatic heterocycles. The lowest BCUT2D eigenvalue weighted by molar-refractivity contribution is -0.145. The van der Waals surface area contributed by atoms with Gasteiger partial charge in [-0.2, -0.15) is 0 Å². The molecular weight excluding hydrogens is 350 g/mol. The minimum absolute atomic E-state index is 0.0253. The van der Waals surface area contributed by atoms with Crippen molar-refractivity contribution in [2.75, 3.05) is 6.54 Å². The molecule has 12 heteroatoms. The Balaban J connectivity index is 4.37. The van der Waals surface area contributed by atoms with Gasteiger partial charge in [0, 0.05) is 6.42 Å². The lowest BCUT2D eigenvalue weighted by atomic mass is 10.1. The molecule has 0 fully saturated rings. The van der Waals surface area contributed by atoms with Gasteiger partial charge in [0.1, 0.15) is 6.04 Å². The number of carboxylic acid groups (broad SMARTS) is 1. The van der Waals surface area contributed by atoms with Gasteiger partial charge in [0.05, 0.1) is 18.7 Å². The Morgan fingerprint density at radius 3 is 2.08 bits per heavy atom. The first kappa shape index (κ1) is 23.3. The van der Waals surface area contributed by atoms with Crippen molar-refractivity contribution in [3.8, 4) is 0 Å². The van der Waals surface area contributed by atoms with Crippen LogP contribution in [0, 0.1) is 0 Å². The van der Waals surface area contributed by atoms with Gasteiger partial charge in [-0.15, -0.1) is 0 Å². The second kappa shape index (κ2) is 11.0. The number of hydrogen-bond donors (Lipinski definition) is 7. The predicted octanol–water partition coefficient (Wildman–Crippen LogP) is -3.85. The molecule has 0 aromatic rings. The summed E-state index contributed by atoms with van der Waals surface area (Å²) in [6, 6.07) is -3.65. The fraction of sp³-hybridized carbons (Fsp3) is 0.643. The number of carboxylic acids is 1. The molecule has 0 spiro atoms. The van der Waals surface area contributed by atoms with Gasteiger partial charge in [-0.3, -0.25) is 19.2 Å². The normalized spacial score (nSPS) is 15.1. The number of aliphatic hydroxyl groups is 1. The minimum Gasteiger partial charge on any atom is -0.480 e. The minimum atomic E-state index is -1.52. The fourth-order valence-corrected chi connectivity index (χ4v) is 1.75. The van der Waals surface area contributed by atoms with Crippen LogP contribution in [0.15, 0.2) is 0 Å². The summed E-state index contributed by atoms with van der Waals surface area (Å²) in [5.74, 6) is -4.24. The monoisotopic (exact) mass is 375 g/mol. The van der Waals surface area contributed by atoms with Gasteiger partial charge in [0.15, 0.2) is 6.04 Å². The second-order valence-electron chi connectivity index (χ2n) is 5.68. The topological polar surface area (TPSA) is 214 Å². The van der Waals surface area contributed by atoms with Crippen LogP contribution in [0.1, 0.15) is 26.7 Å². The lowest BCUT2D eigenvalue weighted by Crippen LogP contribution is -2.55. The number of aliphatic carboxylic acids is 1. The molecule has 0 radical (unpaired) electrons. The van der Waals surface area contributed by atoms with E-state index in [1.165, 1.54) is 13.8 Å². The smallest absolute Gasteiger partial charge is 0.328 e. The molecule has 0 aromatic heterocycles. The number of carbonyl (C=O) groups excluding carboxylic acids is 4. The number of primary amides is 1. The Kier molecular flexibility index (Phi) is 9.84. The summed E-state index contributed by atoms with van der Waals surface area (Å²) in [7, 11) is 0. The quantitative estimate of drug-likeness (QED) is 0.189. The van der Waals surface area contributed by atoms with Gasteiger partial charge in [-0.25, -0.2) is 4.79 Å². The van der Waals surface area contributed by atoms with E-state index in [0.29, 0.717) is 0 Å². The Bertz CT molecular complexity index is 552. The third-order valence-corrected chi connectivity index (χ3v) is 3.28. The van der Waals surface area contributed by atoms with Crippen LogP contribution in [0.5, 0.6) is 0 Å². The van der Waals surface area contributed by atoms with Crippen LogP contribution in [-0.2, 0) is 24.0 Å². The van der Waals surface area contributed by atoms with Gasteiger partial charge in [-0.1, -0.05) is 0 Å². The van der Waals surface area contributed by atoms with E-state index in [-0.39, 0.29) is 12.8 Å². The summed E-state index contributed by atoms with van der Waals surface area (Å²) in [6.45, 7) is 2.02. The van der Waals surface area contributed by atoms with Gasteiger partial charge >= 0.3 is 5.97 Å². The molecule has 0 saturated carbocycles. The standard InChI is InChI=1S/C14H25N5O7/c1-6(12(23)19-11(7(2)20)14(25)26)18-10(22)5-17-13(24)8(15)3-4-9(16)21/h6-8,11,20H,3-5,15H2,1-2H3,(H2,16,21)(H,17,24)(H,18,22)(H,19,23)(H,25,26). The molecule has 0 bridgehead atoms. The van der Waals surface area contributed by atoms with Crippen LogP contribution in [-0.4, -0.2) is 70.6 Å². The molecule has 0 rings (SSSR count). The number of carbonyl (C=O) groups is 5. The van der Waals surface area contributed by atoms with Crippen molar-refractivity contribution in [2.24, 2.45) is 11.5 Å². The number of nitrogens with two attached hydrogens (primary N) is 2. The van der Waals surface area contributed by atoms with E-state index in [0.717, 1.165) is 0 Å². The third-order valence-electron chi connectivity index (χ3n) is 3.28. The first-order chi connectivity index (χ1) is 12.0. The lowest BCUT2D eigenvalue weighted by Gasteiger charge is -2.20. The van der Waals surface area contributed by atoms with E-state index in [4.69, 9.17) is 16.6 Å². The van der Waals surface area contributed by atoms with E-state index >= 15 is 0 Å². The van der Waals surface area contributed by atoms with E-state index in [1.54, 1.807) is 0 Å².